The normalized spacial score (nSPS) is 22.3. The maximum atomic E-state index is 12.8. The molecule has 1 fully saturated rings. The Hall–Kier alpha value is -2.33. The lowest BCUT2D eigenvalue weighted by Crippen LogP contribution is -2.44. The van der Waals surface area contributed by atoms with E-state index < -0.39 is 39.6 Å². The van der Waals surface area contributed by atoms with Crippen LogP contribution in [0.4, 0.5) is 0 Å². The molecule has 2 amide bonds. The van der Waals surface area contributed by atoms with Gasteiger partial charge in [0, 0.05) is 18.7 Å². The Kier molecular flexibility index (Phi) is 7.25. The number of pyridine rings is 1. The van der Waals surface area contributed by atoms with Gasteiger partial charge in [0.15, 0.2) is 10.8 Å². The first kappa shape index (κ1) is 22.0. The van der Waals surface area contributed by atoms with E-state index in [4.69, 9.17) is 5.73 Å². The molecule has 2 unspecified atom stereocenters. The van der Waals surface area contributed by atoms with E-state index in [1.54, 1.807) is 19.1 Å². The van der Waals surface area contributed by atoms with Crippen molar-refractivity contribution in [1.29, 1.82) is 0 Å². The van der Waals surface area contributed by atoms with Crippen molar-refractivity contribution in [2.45, 2.75) is 37.8 Å². The first-order valence-electron chi connectivity index (χ1n) is 8.98. The van der Waals surface area contributed by atoms with E-state index in [0.29, 0.717) is 6.42 Å². The second kappa shape index (κ2) is 9.24. The Balaban J connectivity index is 2.05. The number of ketones is 1. The van der Waals surface area contributed by atoms with Gasteiger partial charge in [0.2, 0.25) is 11.8 Å². The highest BCUT2D eigenvalue weighted by Crippen LogP contribution is 2.21. The molecule has 2 heterocycles. The van der Waals surface area contributed by atoms with E-state index in [9.17, 15) is 22.8 Å². The molecule has 0 saturated carbocycles. The van der Waals surface area contributed by atoms with E-state index in [1.807, 2.05) is 6.92 Å². The number of Topliss-reactive ketones (excluding diaryl/α,β-unsaturated/α-hetero) is 1. The number of nitrogens with zero attached hydrogens (tertiary/aromatic N) is 2. The fourth-order valence-electron chi connectivity index (χ4n) is 2.89. The van der Waals surface area contributed by atoms with Crippen molar-refractivity contribution >= 4 is 27.6 Å². The molecule has 0 spiro atoms. The Morgan fingerprint density at radius 1 is 1.43 bits per heavy atom. The fraction of sp³-hybridized carbons (Fsp3) is 0.500. The largest absolute Gasteiger partial charge is 0.369 e. The molecule has 1 radical (unpaired) electrons. The summed E-state index contributed by atoms with van der Waals surface area (Å²) in [4.78, 5) is 39.6. The molecule has 0 aliphatic carbocycles. The molecule has 0 bridgehead atoms. The molecule has 1 aliphatic rings. The van der Waals surface area contributed by atoms with Crippen LogP contribution in [0.25, 0.3) is 0 Å². The van der Waals surface area contributed by atoms with Crippen LogP contribution >= 0.6 is 0 Å². The van der Waals surface area contributed by atoms with Gasteiger partial charge in [-0.2, -0.15) is 4.31 Å². The van der Waals surface area contributed by atoms with Crippen molar-refractivity contribution < 1.29 is 22.8 Å². The third-order valence-corrected chi connectivity index (χ3v) is 6.30. The predicted molar refractivity (Wildman–Crippen MR) is 101 cm³/mol. The molecule has 1 saturated heterocycles. The van der Waals surface area contributed by atoms with Crippen molar-refractivity contribution in [3.05, 3.63) is 30.8 Å². The third-order valence-electron chi connectivity index (χ3n) is 4.58. The SMILES string of the molecule is CC1C[C@H](NC(=O)[CH]CC(C)C(N)=O)C(=O)CN(S(=O)(=O)c2ccccn2)C1. The topological polar surface area (TPSA) is 140 Å². The van der Waals surface area contributed by atoms with E-state index in [-0.39, 0.29) is 30.5 Å². The molecule has 10 heteroatoms. The number of hydrogen-bond donors (Lipinski definition) is 2. The van der Waals surface area contributed by atoms with Gasteiger partial charge in [-0.25, -0.2) is 13.4 Å². The van der Waals surface area contributed by atoms with E-state index in [1.165, 1.54) is 18.7 Å². The van der Waals surface area contributed by atoms with Crippen molar-refractivity contribution in [1.82, 2.24) is 14.6 Å². The molecule has 1 aromatic heterocycles. The summed E-state index contributed by atoms with van der Waals surface area (Å²) in [5.41, 5.74) is 5.16. The Bertz CT molecular complexity index is 828. The third kappa shape index (κ3) is 5.59. The number of carbonyl (C=O) groups is 3. The van der Waals surface area contributed by atoms with Crippen LogP contribution in [-0.4, -0.2) is 54.4 Å². The van der Waals surface area contributed by atoms with Gasteiger partial charge in [0.25, 0.3) is 10.0 Å². The smallest absolute Gasteiger partial charge is 0.260 e. The van der Waals surface area contributed by atoms with Crippen LogP contribution < -0.4 is 11.1 Å². The Morgan fingerprint density at radius 3 is 2.75 bits per heavy atom. The van der Waals surface area contributed by atoms with Crippen LogP contribution in [0.3, 0.4) is 0 Å². The minimum atomic E-state index is -3.90. The number of nitrogens with one attached hydrogen (secondary N) is 1. The highest BCUT2D eigenvalue weighted by molar-refractivity contribution is 7.89. The average Bonchev–Trinajstić information content (AvgIpc) is 2.79. The maximum Gasteiger partial charge on any atom is 0.260 e. The molecule has 28 heavy (non-hydrogen) atoms. The van der Waals surface area contributed by atoms with Gasteiger partial charge >= 0.3 is 0 Å². The van der Waals surface area contributed by atoms with Crippen LogP contribution in [-0.2, 0) is 24.4 Å². The van der Waals surface area contributed by atoms with Gasteiger partial charge in [-0.15, -0.1) is 0 Å². The van der Waals surface area contributed by atoms with Crippen LogP contribution in [0.5, 0.6) is 0 Å². The summed E-state index contributed by atoms with van der Waals surface area (Å²) in [5.74, 6) is -2.04. The zero-order valence-electron chi connectivity index (χ0n) is 15.9. The van der Waals surface area contributed by atoms with Gasteiger partial charge in [-0.1, -0.05) is 19.9 Å². The number of hydrogen-bond acceptors (Lipinski definition) is 6. The Labute approximate surface area is 164 Å². The summed E-state index contributed by atoms with van der Waals surface area (Å²) in [6, 6.07) is 3.75. The minimum Gasteiger partial charge on any atom is -0.369 e. The summed E-state index contributed by atoms with van der Waals surface area (Å²) in [7, 11) is -3.90. The van der Waals surface area contributed by atoms with Crippen molar-refractivity contribution in [2.75, 3.05) is 13.1 Å². The van der Waals surface area contributed by atoms with Crippen LogP contribution in [0, 0.1) is 18.3 Å². The minimum absolute atomic E-state index is 0.119. The molecule has 3 atom stereocenters. The van der Waals surface area contributed by atoms with Gasteiger partial charge in [-0.3, -0.25) is 14.4 Å². The van der Waals surface area contributed by atoms with Crippen molar-refractivity contribution in [3.63, 3.8) is 0 Å². The monoisotopic (exact) mass is 409 g/mol. The number of amides is 2. The average molecular weight is 409 g/mol. The molecule has 0 aromatic carbocycles. The standard InChI is InChI=1S/C18H25N4O5S/c1-12-9-14(21-16(24)7-6-13(2)18(19)25)15(23)11-22(10-12)28(26,27)17-5-3-4-8-20-17/h3-5,7-8,12-14H,6,9-11H2,1-2H3,(H2,19,25)(H,21,24)/t12?,13?,14-/m0/s1. The summed E-state index contributed by atoms with van der Waals surface area (Å²) < 4.78 is 26.7. The molecule has 153 valence electrons. The molecular formula is C18H25N4O5S. The lowest BCUT2D eigenvalue weighted by atomic mass is 10.00. The lowest BCUT2D eigenvalue weighted by Gasteiger charge is -2.20. The summed E-state index contributed by atoms with van der Waals surface area (Å²) in [6.07, 6.45) is 3.14. The van der Waals surface area contributed by atoms with Crippen LogP contribution in [0.2, 0.25) is 0 Å². The molecule has 1 aromatic rings. The fourth-order valence-corrected chi connectivity index (χ4v) is 4.35. The maximum absolute atomic E-state index is 12.8. The molecule has 3 N–H and O–H groups in total. The molecular weight excluding hydrogens is 384 g/mol. The van der Waals surface area contributed by atoms with Crippen molar-refractivity contribution in [3.8, 4) is 0 Å². The summed E-state index contributed by atoms with van der Waals surface area (Å²) >= 11 is 0. The number of primary amides is 1. The summed E-state index contributed by atoms with van der Waals surface area (Å²) in [6.45, 7) is 3.23. The zero-order chi connectivity index (χ0) is 20.9. The van der Waals surface area contributed by atoms with Gasteiger partial charge in [0.05, 0.1) is 19.0 Å². The summed E-state index contributed by atoms with van der Waals surface area (Å²) in [5, 5.41) is 2.49. The van der Waals surface area contributed by atoms with E-state index >= 15 is 0 Å². The second-order valence-electron chi connectivity index (χ2n) is 7.08. The molecule has 1 aliphatic heterocycles. The highest BCUT2D eigenvalue weighted by Gasteiger charge is 2.36. The number of carbonyl (C=O) groups excluding carboxylic acids is 3. The van der Waals surface area contributed by atoms with Gasteiger partial charge in [-0.05, 0) is 30.9 Å². The molecule has 2 rings (SSSR count). The van der Waals surface area contributed by atoms with Gasteiger partial charge in [0.1, 0.15) is 0 Å². The van der Waals surface area contributed by atoms with E-state index in [0.717, 1.165) is 4.31 Å². The number of nitrogens with two attached hydrogens (primary N) is 1. The number of rotatable bonds is 7. The second-order valence-corrected chi connectivity index (χ2v) is 8.96. The Morgan fingerprint density at radius 2 is 2.14 bits per heavy atom. The lowest BCUT2D eigenvalue weighted by molar-refractivity contribution is -0.126. The molecule has 9 nitrogen and oxygen atoms in total. The van der Waals surface area contributed by atoms with Crippen molar-refractivity contribution in [2.24, 2.45) is 17.6 Å². The van der Waals surface area contributed by atoms with E-state index in [2.05, 4.69) is 10.3 Å². The number of aromatic nitrogens is 1. The zero-order valence-corrected chi connectivity index (χ0v) is 16.7. The van der Waals surface area contributed by atoms with Crippen LogP contribution in [0.1, 0.15) is 26.7 Å². The van der Waals surface area contributed by atoms with Crippen LogP contribution in [0.15, 0.2) is 29.4 Å². The number of sulfonamides is 1. The highest BCUT2D eigenvalue weighted by atomic mass is 32.2. The quantitative estimate of drug-likeness (QED) is 0.644. The first-order valence-corrected chi connectivity index (χ1v) is 10.4. The predicted octanol–water partition coefficient (Wildman–Crippen LogP) is -0.118. The first-order chi connectivity index (χ1) is 13.1. The van der Waals surface area contributed by atoms with Gasteiger partial charge < -0.3 is 11.1 Å².